The van der Waals surface area contributed by atoms with Gasteiger partial charge in [0.2, 0.25) is 10.0 Å². The molecule has 0 unspecified atom stereocenters. The van der Waals surface area contributed by atoms with Gasteiger partial charge < -0.3 is 4.90 Å². The van der Waals surface area contributed by atoms with Gasteiger partial charge >= 0.3 is 6.18 Å². The van der Waals surface area contributed by atoms with Crippen molar-refractivity contribution in [3.05, 3.63) is 11.4 Å². The number of H-pyrrole nitrogens is 1. The normalized spacial score (nSPS) is 12.5. The van der Waals surface area contributed by atoms with Gasteiger partial charge in [-0.2, -0.15) is 18.3 Å². The van der Waals surface area contributed by atoms with Crippen LogP contribution in [0.1, 0.15) is 23.1 Å². The fourth-order valence-electron chi connectivity index (χ4n) is 1.58. The molecule has 0 aliphatic heterocycles. The zero-order valence-electron chi connectivity index (χ0n) is 10.7. The number of aromatic amines is 1. The number of carbonyl (C=O) groups excluding carboxylic acids is 1. The quantitative estimate of drug-likeness (QED) is 0.830. The Kier molecular flexibility index (Phi) is 4.44. The van der Waals surface area contributed by atoms with E-state index in [0.717, 1.165) is 7.05 Å². The van der Waals surface area contributed by atoms with E-state index in [4.69, 9.17) is 5.14 Å². The van der Waals surface area contributed by atoms with E-state index in [1.54, 1.807) is 6.92 Å². The molecule has 1 aromatic heterocycles. The number of primary sulfonamides is 1. The van der Waals surface area contributed by atoms with Crippen LogP contribution in [0, 0.1) is 0 Å². The Morgan fingerprint density at radius 1 is 1.45 bits per heavy atom. The molecule has 20 heavy (non-hydrogen) atoms. The number of aromatic nitrogens is 2. The molecule has 0 radical (unpaired) electrons. The molecule has 11 heteroatoms. The van der Waals surface area contributed by atoms with E-state index in [-0.39, 0.29) is 12.1 Å². The molecule has 0 spiro atoms. The highest BCUT2D eigenvalue weighted by Crippen LogP contribution is 2.21. The number of sulfonamides is 1. The molecule has 1 aromatic rings. The van der Waals surface area contributed by atoms with Crippen LogP contribution in [0.15, 0.2) is 4.90 Å². The van der Waals surface area contributed by atoms with E-state index >= 15 is 0 Å². The Bertz CT molecular complexity index is 608. The number of hydrogen-bond acceptors (Lipinski definition) is 4. The Hall–Kier alpha value is -1.62. The lowest BCUT2D eigenvalue weighted by Crippen LogP contribution is -2.36. The molecule has 0 aliphatic rings. The van der Waals surface area contributed by atoms with Crippen molar-refractivity contribution in [1.29, 1.82) is 0 Å². The van der Waals surface area contributed by atoms with Crippen LogP contribution in [0.2, 0.25) is 0 Å². The zero-order chi connectivity index (χ0) is 15.7. The summed E-state index contributed by atoms with van der Waals surface area (Å²) < 4.78 is 59.5. The van der Waals surface area contributed by atoms with E-state index in [9.17, 15) is 26.4 Å². The lowest BCUT2D eigenvalue weighted by molar-refractivity contribution is -0.138. The summed E-state index contributed by atoms with van der Waals surface area (Å²) in [5.74, 6) is -1.18. The third kappa shape index (κ3) is 3.70. The summed E-state index contributed by atoms with van der Waals surface area (Å²) in [5.41, 5.74) is -0.577. The molecule has 0 bridgehead atoms. The topological polar surface area (TPSA) is 109 Å². The SMILES string of the molecule is CCc1[nH]nc(C(=O)N(C)CC(F)(F)F)c1S(N)(=O)=O. The van der Waals surface area contributed by atoms with Gasteiger partial charge in [0, 0.05) is 7.05 Å². The number of alkyl halides is 3. The number of amides is 1. The monoisotopic (exact) mass is 314 g/mol. The van der Waals surface area contributed by atoms with Crippen molar-refractivity contribution in [3.8, 4) is 0 Å². The number of carbonyl (C=O) groups is 1. The molecule has 114 valence electrons. The van der Waals surface area contributed by atoms with Gasteiger partial charge in [-0.15, -0.1) is 0 Å². The van der Waals surface area contributed by atoms with Gasteiger partial charge in [0.25, 0.3) is 5.91 Å². The standard InChI is InChI=1S/C9H13F3N4O3S/c1-3-5-7(20(13,18)19)6(15-14-5)8(17)16(2)4-9(10,11)12/h3-4H2,1-2H3,(H,14,15)(H2,13,18,19). The highest BCUT2D eigenvalue weighted by molar-refractivity contribution is 7.89. The molecule has 0 fully saturated rings. The summed E-state index contributed by atoms with van der Waals surface area (Å²) in [4.78, 5) is 11.6. The maximum atomic E-state index is 12.2. The van der Waals surface area contributed by atoms with E-state index in [1.807, 2.05) is 0 Å². The Labute approximate surface area is 113 Å². The maximum absolute atomic E-state index is 12.2. The number of rotatable bonds is 4. The van der Waals surface area contributed by atoms with Crippen molar-refractivity contribution in [2.45, 2.75) is 24.4 Å². The number of nitrogens with zero attached hydrogens (tertiary/aromatic N) is 2. The van der Waals surface area contributed by atoms with Gasteiger partial charge in [0.1, 0.15) is 11.4 Å². The molecule has 0 saturated heterocycles. The molecular weight excluding hydrogens is 301 g/mol. The first-order valence-corrected chi connectivity index (χ1v) is 6.94. The highest BCUT2D eigenvalue weighted by atomic mass is 32.2. The van der Waals surface area contributed by atoms with Crippen LogP contribution in [-0.4, -0.2) is 49.2 Å². The van der Waals surface area contributed by atoms with Crippen LogP contribution in [0.4, 0.5) is 13.2 Å². The lowest BCUT2D eigenvalue weighted by Gasteiger charge is -2.18. The van der Waals surface area contributed by atoms with Gasteiger partial charge in [-0.05, 0) is 6.42 Å². The zero-order valence-corrected chi connectivity index (χ0v) is 11.5. The molecule has 7 nitrogen and oxygen atoms in total. The van der Waals surface area contributed by atoms with Crippen molar-refractivity contribution < 1.29 is 26.4 Å². The summed E-state index contributed by atoms with van der Waals surface area (Å²) in [5, 5.41) is 10.7. The number of aryl methyl sites for hydroxylation is 1. The maximum Gasteiger partial charge on any atom is 0.406 e. The number of hydrogen-bond donors (Lipinski definition) is 2. The predicted octanol–water partition coefficient (Wildman–Crippen LogP) is 0.254. The van der Waals surface area contributed by atoms with Crippen molar-refractivity contribution in [2.24, 2.45) is 5.14 Å². The van der Waals surface area contributed by atoms with E-state index < -0.39 is 39.2 Å². The average Bonchev–Trinajstić information content (AvgIpc) is 2.68. The molecule has 3 N–H and O–H groups in total. The molecule has 1 rings (SSSR count). The minimum atomic E-state index is -4.60. The predicted molar refractivity (Wildman–Crippen MR) is 62.4 cm³/mol. The molecule has 0 atom stereocenters. The second-order valence-electron chi connectivity index (χ2n) is 4.05. The van der Waals surface area contributed by atoms with Crippen LogP contribution >= 0.6 is 0 Å². The molecule has 0 aliphatic carbocycles. The Morgan fingerprint density at radius 3 is 2.40 bits per heavy atom. The van der Waals surface area contributed by atoms with Crippen molar-refractivity contribution in [3.63, 3.8) is 0 Å². The first-order chi connectivity index (χ1) is 8.97. The van der Waals surface area contributed by atoms with Gasteiger partial charge in [-0.25, -0.2) is 13.6 Å². The summed E-state index contributed by atoms with van der Waals surface area (Å²) in [6, 6.07) is 0. The molecule has 1 amide bonds. The van der Waals surface area contributed by atoms with Crippen molar-refractivity contribution in [2.75, 3.05) is 13.6 Å². The smallest absolute Gasteiger partial charge is 0.331 e. The summed E-state index contributed by atoms with van der Waals surface area (Å²) >= 11 is 0. The minimum absolute atomic E-state index is 0.0660. The van der Waals surface area contributed by atoms with Crippen LogP contribution in [0.25, 0.3) is 0 Å². The largest absolute Gasteiger partial charge is 0.406 e. The van der Waals surface area contributed by atoms with E-state index in [0.29, 0.717) is 4.90 Å². The first kappa shape index (κ1) is 16.4. The lowest BCUT2D eigenvalue weighted by atomic mass is 10.3. The van der Waals surface area contributed by atoms with Crippen molar-refractivity contribution >= 4 is 15.9 Å². The fourth-order valence-corrected chi connectivity index (χ4v) is 2.52. The molecule has 1 heterocycles. The third-order valence-electron chi connectivity index (χ3n) is 2.40. The highest BCUT2D eigenvalue weighted by Gasteiger charge is 2.34. The summed E-state index contributed by atoms with van der Waals surface area (Å²) in [6.45, 7) is 0.0556. The van der Waals surface area contributed by atoms with Gasteiger partial charge in [-0.3, -0.25) is 9.89 Å². The second kappa shape index (κ2) is 5.40. The Morgan fingerprint density at radius 2 is 2.00 bits per heavy atom. The van der Waals surface area contributed by atoms with Gasteiger partial charge in [0.15, 0.2) is 5.69 Å². The van der Waals surface area contributed by atoms with E-state index in [1.165, 1.54) is 0 Å². The van der Waals surface area contributed by atoms with Crippen LogP contribution in [-0.2, 0) is 16.4 Å². The summed E-state index contributed by atoms with van der Waals surface area (Å²) in [7, 11) is -3.39. The van der Waals surface area contributed by atoms with Gasteiger partial charge in [0.05, 0.1) is 5.69 Å². The number of nitrogens with one attached hydrogen (secondary N) is 1. The van der Waals surface area contributed by atoms with Crippen molar-refractivity contribution in [1.82, 2.24) is 15.1 Å². The van der Waals surface area contributed by atoms with Crippen LogP contribution in [0.3, 0.4) is 0 Å². The van der Waals surface area contributed by atoms with Crippen LogP contribution in [0.5, 0.6) is 0 Å². The molecule has 0 saturated carbocycles. The molecule has 0 aromatic carbocycles. The minimum Gasteiger partial charge on any atom is -0.331 e. The second-order valence-corrected chi connectivity index (χ2v) is 5.55. The fraction of sp³-hybridized carbons (Fsp3) is 0.556. The van der Waals surface area contributed by atoms with Gasteiger partial charge in [-0.1, -0.05) is 6.92 Å². The number of halogens is 3. The van der Waals surface area contributed by atoms with Crippen LogP contribution < -0.4 is 5.14 Å². The Balaban J connectivity index is 3.21. The average molecular weight is 314 g/mol. The summed E-state index contributed by atoms with van der Waals surface area (Å²) in [6.07, 6.45) is -4.43. The third-order valence-corrected chi connectivity index (χ3v) is 3.40. The first-order valence-electron chi connectivity index (χ1n) is 5.39. The number of nitrogens with two attached hydrogens (primary N) is 1. The molecular formula is C9H13F3N4O3S. The van der Waals surface area contributed by atoms with E-state index in [2.05, 4.69) is 10.2 Å².